The number of nitrogens with two attached hydrogens (primary N) is 1. The van der Waals surface area contributed by atoms with Crippen molar-refractivity contribution >= 4 is 23.1 Å². The van der Waals surface area contributed by atoms with Crippen LogP contribution in [0.5, 0.6) is 0 Å². The largest absolute Gasteiger partial charge is 0.399 e. The van der Waals surface area contributed by atoms with Gasteiger partial charge in [0.2, 0.25) is 0 Å². The Kier molecular flexibility index (Phi) is 4.15. The van der Waals surface area contributed by atoms with Crippen molar-refractivity contribution < 1.29 is 4.79 Å². The van der Waals surface area contributed by atoms with Crippen LogP contribution in [-0.4, -0.2) is 5.78 Å². The molecule has 0 bridgehead atoms. The van der Waals surface area contributed by atoms with Gasteiger partial charge in [0.1, 0.15) is 0 Å². The maximum Gasteiger partial charge on any atom is 0.165 e. The summed E-state index contributed by atoms with van der Waals surface area (Å²) in [5.74, 6) is 0.152. The van der Waals surface area contributed by atoms with E-state index in [0.29, 0.717) is 16.3 Å². The lowest BCUT2D eigenvalue weighted by atomic mass is 9.95. The summed E-state index contributed by atoms with van der Waals surface area (Å²) in [6.07, 6.45) is 1.90. The van der Waals surface area contributed by atoms with Crippen LogP contribution < -0.4 is 5.73 Å². The first kappa shape index (κ1) is 12.1. The number of ketones is 1. The predicted octanol–water partition coefficient (Wildman–Crippen LogP) is 3.54. The van der Waals surface area contributed by atoms with Crippen LogP contribution >= 0.6 is 11.6 Å². The molecular weight excluding hydrogens is 210 g/mol. The second kappa shape index (κ2) is 5.17. The van der Waals surface area contributed by atoms with Gasteiger partial charge >= 0.3 is 0 Å². The van der Waals surface area contributed by atoms with Crippen molar-refractivity contribution in [2.24, 2.45) is 5.92 Å². The molecule has 0 saturated carbocycles. The number of hydrogen-bond donors (Lipinski definition) is 1. The van der Waals surface area contributed by atoms with Gasteiger partial charge in [-0.25, -0.2) is 0 Å². The predicted molar refractivity (Wildman–Crippen MR) is 64.3 cm³/mol. The molecule has 82 valence electrons. The number of rotatable bonds is 4. The number of nitrogen functional groups attached to an aromatic ring is 1. The molecule has 1 aromatic rings. The van der Waals surface area contributed by atoms with Crippen LogP contribution in [0.15, 0.2) is 18.2 Å². The summed E-state index contributed by atoms with van der Waals surface area (Å²) in [7, 11) is 0. The van der Waals surface area contributed by atoms with E-state index in [0.717, 1.165) is 12.8 Å². The molecule has 0 aliphatic rings. The molecule has 0 radical (unpaired) electrons. The third-order valence-electron chi connectivity index (χ3n) is 2.37. The molecule has 1 rings (SSSR count). The van der Waals surface area contributed by atoms with Crippen LogP contribution in [0.2, 0.25) is 5.02 Å². The topological polar surface area (TPSA) is 43.1 Å². The highest BCUT2D eigenvalue weighted by molar-refractivity contribution is 6.31. The summed E-state index contributed by atoms with van der Waals surface area (Å²) in [6, 6.07) is 5.00. The summed E-state index contributed by atoms with van der Waals surface area (Å²) < 4.78 is 0. The average Bonchev–Trinajstić information content (AvgIpc) is 2.15. The average molecular weight is 226 g/mol. The van der Waals surface area contributed by atoms with Crippen molar-refractivity contribution in [3.05, 3.63) is 28.8 Å². The summed E-state index contributed by atoms with van der Waals surface area (Å²) >= 11 is 5.84. The van der Waals surface area contributed by atoms with Gasteiger partial charge in [0, 0.05) is 22.2 Å². The molecule has 0 amide bonds. The smallest absolute Gasteiger partial charge is 0.165 e. The van der Waals surface area contributed by atoms with Gasteiger partial charge in [-0.05, 0) is 24.6 Å². The minimum atomic E-state index is 0.0351. The molecule has 0 fully saturated rings. The minimum absolute atomic E-state index is 0.0351. The maximum atomic E-state index is 11.9. The van der Waals surface area contributed by atoms with E-state index in [2.05, 4.69) is 6.92 Å². The Balaban J connectivity index is 2.90. The van der Waals surface area contributed by atoms with Gasteiger partial charge < -0.3 is 5.73 Å². The standard InChI is InChI=1S/C12H16ClNO/c1-3-4-8(2)12(15)9-5-10(13)7-11(14)6-9/h5-8H,3-4,14H2,1-2H3. The first-order valence-electron chi connectivity index (χ1n) is 5.15. The molecule has 1 aromatic carbocycles. The van der Waals surface area contributed by atoms with Crippen LogP contribution in [0, 0.1) is 5.92 Å². The third-order valence-corrected chi connectivity index (χ3v) is 2.59. The highest BCUT2D eigenvalue weighted by atomic mass is 35.5. The van der Waals surface area contributed by atoms with Gasteiger partial charge in [-0.15, -0.1) is 0 Å². The Morgan fingerprint density at radius 3 is 2.67 bits per heavy atom. The highest BCUT2D eigenvalue weighted by Gasteiger charge is 2.14. The quantitative estimate of drug-likeness (QED) is 0.629. The number of benzene rings is 1. The van der Waals surface area contributed by atoms with E-state index < -0.39 is 0 Å². The number of anilines is 1. The van der Waals surface area contributed by atoms with Crippen LogP contribution in [-0.2, 0) is 0 Å². The zero-order valence-corrected chi connectivity index (χ0v) is 9.84. The van der Waals surface area contributed by atoms with Gasteiger partial charge in [0.25, 0.3) is 0 Å². The molecule has 15 heavy (non-hydrogen) atoms. The molecule has 0 heterocycles. The van der Waals surface area contributed by atoms with E-state index in [4.69, 9.17) is 17.3 Å². The number of carbonyl (C=O) groups is 1. The molecule has 0 aliphatic heterocycles. The molecule has 2 nitrogen and oxygen atoms in total. The van der Waals surface area contributed by atoms with Gasteiger partial charge in [-0.3, -0.25) is 4.79 Å². The number of carbonyl (C=O) groups excluding carboxylic acids is 1. The Bertz CT molecular complexity index is 342. The molecule has 1 unspecified atom stereocenters. The maximum absolute atomic E-state index is 11.9. The summed E-state index contributed by atoms with van der Waals surface area (Å²) in [5.41, 5.74) is 6.78. The third kappa shape index (κ3) is 3.24. The van der Waals surface area contributed by atoms with E-state index in [1.165, 1.54) is 0 Å². The Morgan fingerprint density at radius 2 is 2.13 bits per heavy atom. The van der Waals surface area contributed by atoms with E-state index in [9.17, 15) is 4.79 Å². The van der Waals surface area contributed by atoms with Gasteiger partial charge in [0.15, 0.2) is 5.78 Å². The molecule has 2 N–H and O–H groups in total. The van der Waals surface area contributed by atoms with Gasteiger partial charge in [-0.2, -0.15) is 0 Å². The molecule has 0 aromatic heterocycles. The lowest BCUT2D eigenvalue weighted by Gasteiger charge is -2.09. The van der Waals surface area contributed by atoms with Crippen LogP contribution in [0.3, 0.4) is 0 Å². The molecule has 0 spiro atoms. The fourth-order valence-electron chi connectivity index (χ4n) is 1.60. The monoisotopic (exact) mass is 225 g/mol. The van der Waals surface area contributed by atoms with E-state index in [-0.39, 0.29) is 11.7 Å². The Labute approximate surface area is 95.4 Å². The molecular formula is C12H16ClNO. The van der Waals surface area contributed by atoms with Crippen molar-refractivity contribution in [3.63, 3.8) is 0 Å². The highest BCUT2D eigenvalue weighted by Crippen LogP contribution is 2.20. The lowest BCUT2D eigenvalue weighted by molar-refractivity contribution is 0.0923. The van der Waals surface area contributed by atoms with E-state index in [1.54, 1.807) is 18.2 Å². The fourth-order valence-corrected chi connectivity index (χ4v) is 1.85. The molecule has 3 heteroatoms. The van der Waals surface area contributed by atoms with Crippen molar-refractivity contribution in [3.8, 4) is 0 Å². The number of hydrogen-bond acceptors (Lipinski definition) is 2. The second-order valence-electron chi connectivity index (χ2n) is 3.83. The first-order chi connectivity index (χ1) is 7.04. The normalized spacial score (nSPS) is 12.5. The Hall–Kier alpha value is -1.02. The van der Waals surface area contributed by atoms with Crippen molar-refractivity contribution in [2.45, 2.75) is 26.7 Å². The molecule has 1 atom stereocenters. The summed E-state index contributed by atoms with van der Waals surface area (Å²) in [4.78, 5) is 11.9. The second-order valence-corrected chi connectivity index (χ2v) is 4.26. The zero-order valence-electron chi connectivity index (χ0n) is 9.09. The van der Waals surface area contributed by atoms with Gasteiger partial charge in [0.05, 0.1) is 0 Å². The van der Waals surface area contributed by atoms with Crippen molar-refractivity contribution in [2.75, 3.05) is 5.73 Å². The Morgan fingerprint density at radius 1 is 1.47 bits per heavy atom. The minimum Gasteiger partial charge on any atom is -0.399 e. The van der Waals surface area contributed by atoms with Crippen LogP contribution in [0.4, 0.5) is 5.69 Å². The molecule has 0 aliphatic carbocycles. The van der Waals surface area contributed by atoms with Gasteiger partial charge in [-0.1, -0.05) is 31.9 Å². The van der Waals surface area contributed by atoms with E-state index >= 15 is 0 Å². The first-order valence-corrected chi connectivity index (χ1v) is 5.52. The molecule has 0 saturated heterocycles. The zero-order chi connectivity index (χ0) is 11.4. The summed E-state index contributed by atoms with van der Waals surface area (Å²) in [5, 5.41) is 0.516. The number of halogens is 1. The lowest BCUT2D eigenvalue weighted by Crippen LogP contribution is -2.11. The number of Topliss-reactive ketones (excluding diaryl/α,β-unsaturated/α-hetero) is 1. The van der Waals surface area contributed by atoms with E-state index in [1.807, 2.05) is 6.92 Å². The van der Waals surface area contributed by atoms with Crippen molar-refractivity contribution in [1.29, 1.82) is 0 Å². The van der Waals surface area contributed by atoms with Crippen molar-refractivity contribution in [1.82, 2.24) is 0 Å². The SMILES string of the molecule is CCCC(C)C(=O)c1cc(N)cc(Cl)c1. The summed E-state index contributed by atoms with van der Waals surface area (Å²) in [6.45, 7) is 4.00. The fraction of sp³-hybridized carbons (Fsp3) is 0.417. The van der Waals surface area contributed by atoms with Crippen LogP contribution in [0.25, 0.3) is 0 Å². The van der Waals surface area contributed by atoms with Crippen LogP contribution in [0.1, 0.15) is 37.0 Å².